The van der Waals surface area contributed by atoms with Crippen molar-refractivity contribution in [3.63, 3.8) is 0 Å². The molecule has 0 fully saturated rings. The van der Waals surface area contributed by atoms with Gasteiger partial charge in [-0.25, -0.2) is 4.98 Å². The van der Waals surface area contributed by atoms with Crippen LogP contribution in [-0.4, -0.2) is 10.9 Å². The number of carbonyl (C=O) groups excluding carboxylic acids is 1. The van der Waals surface area contributed by atoms with Crippen molar-refractivity contribution in [2.75, 3.05) is 5.32 Å². The Morgan fingerprint density at radius 2 is 1.91 bits per heavy atom. The number of nitrogens with zero attached hydrogens (tertiary/aromatic N) is 1. The summed E-state index contributed by atoms with van der Waals surface area (Å²) < 4.78 is 6.90. The Morgan fingerprint density at radius 3 is 2.73 bits per heavy atom. The van der Waals surface area contributed by atoms with Crippen molar-refractivity contribution in [2.45, 2.75) is 6.92 Å². The predicted octanol–water partition coefficient (Wildman–Crippen LogP) is 4.67. The van der Waals surface area contributed by atoms with Crippen molar-refractivity contribution in [3.8, 4) is 10.6 Å². The number of aromatic nitrogens is 1. The van der Waals surface area contributed by atoms with Crippen LogP contribution < -0.4 is 5.32 Å². The standard InChI is InChI=1S/C17H12N2O2S/c1-10(20)18-16-15(11-6-2-4-8-13(11)21-16)17-19-12-7-3-5-9-14(12)22-17/h2-9H,1H3,(H,18,20). The molecule has 0 aliphatic rings. The van der Waals surface area contributed by atoms with Gasteiger partial charge in [-0.3, -0.25) is 10.1 Å². The molecule has 2 aromatic carbocycles. The van der Waals surface area contributed by atoms with Crippen LogP contribution in [0, 0.1) is 0 Å². The van der Waals surface area contributed by atoms with E-state index >= 15 is 0 Å². The minimum absolute atomic E-state index is 0.165. The first kappa shape index (κ1) is 13.0. The molecule has 0 atom stereocenters. The second-order valence-electron chi connectivity index (χ2n) is 4.97. The van der Waals surface area contributed by atoms with E-state index in [9.17, 15) is 4.79 Å². The van der Waals surface area contributed by atoms with Crippen LogP contribution in [0.25, 0.3) is 31.8 Å². The van der Waals surface area contributed by atoms with E-state index in [0.29, 0.717) is 5.88 Å². The number of para-hydroxylation sites is 2. The van der Waals surface area contributed by atoms with Gasteiger partial charge in [0.2, 0.25) is 11.8 Å². The molecule has 0 saturated carbocycles. The zero-order chi connectivity index (χ0) is 15.1. The van der Waals surface area contributed by atoms with Crippen LogP contribution >= 0.6 is 11.3 Å². The van der Waals surface area contributed by atoms with Crippen LogP contribution in [0.1, 0.15) is 6.92 Å². The van der Waals surface area contributed by atoms with Gasteiger partial charge in [0.15, 0.2) is 0 Å². The highest BCUT2D eigenvalue weighted by Crippen LogP contribution is 2.41. The average molecular weight is 308 g/mol. The van der Waals surface area contributed by atoms with E-state index in [4.69, 9.17) is 4.42 Å². The van der Waals surface area contributed by atoms with Crippen molar-refractivity contribution >= 4 is 44.3 Å². The monoisotopic (exact) mass is 308 g/mol. The predicted molar refractivity (Wildman–Crippen MR) is 89.1 cm³/mol. The molecule has 0 bridgehead atoms. The quantitative estimate of drug-likeness (QED) is 0.585. The molecule has 0 aliphatic carbocycles. The Kier molecular flexibility index (Phi) is 2.94. The van der Waals surface area contributed by atoms with E-state index in [1.54, 1.807) is 11.3 Å². The van der Waals surface area contributed by atoms with E-state index in [2.05, 4.69) is 10.3 Å². The number of anilines is 1. The third-order valence-corrected chi connectivity index (χ3v) is 4.45. The fourth-order valence-electron chi connectivity index (χ4n) is 2.48. The van der Waals surface area contributed by atoms with E-state index in [1.807, 2.05) is 48.5 Å². The molecular formula is C17H12N2O2S. The molecule has 4 nitrogen and oxygen atoms in total. The smallest absolute Gasteiger partial charge is 0.223 e. The molecule has 2 aromatic heterocycles. The van der Waals surface area contributed by atoms with Gasteiger partial charge in [-0.15, -0.1) is 11.3 Å². The summed E-state index contributed by atoms with van der Waals surface area (Å²) in [6.45, 7) is 1.47. The first-order valence-corrected chi connectivity index (χ1v) is 7.69. The van der Waals surface area contributed by atoms with Crippen molar-refractivity contribution in [2.24, 2.45) is 0 Å². The summed E-state index contributed by atoms with van der Waals surface area (Å²) in [5, 5.41) is 4.56. The summed E-state index contributed by atoms with van der Waals surface area (Å²) in [6.07, 6.45) is 0. The van der Waals surface area contributed by atoms with Crippen molar-refractivity contribution in [1.82, 2.24) is 4.98 Å². The second-order valence-corrected chi connectivity index (χ2v) is 6.00. The maximum absolute atomic E-state index is 11.5. The Balaban J connectivity index is 2.00. The lowest BCUT2D eigenvalue weighted by Crippen LogP contribution is -2.05. The molecule has 2 heterocycles. The van der Waals surface area contributed by atoms with E-state index < -0.39 is 0 Å². The minimum atomic E-state index is -0.165. The van der Waals surface area contributed by atoms with E-state index in [0.717, 1.165) is 31.8 Å². The third kappa shape index (κ3) is 2.07. The first-order valence-electron chi connectivity index (χ1n) is 6.87. The van der Waals surface area contributed by atoms with Crippen LogP contribution in [0.5, 0.6) is 0 Å². The molecule has 108 valence electrons. The molecule has 1 N–H and O–H groups in total. The number of benzene rings is 2. The van der Waals surface area contributed by atoms with Gasteiger partial charge >= 0.3 is 0 Å². The lowest BCUT2D eigenvalue weighted by Gasteiger charge is -1.99. The number of hydrogen-bond acceptors (Lipinski definition) is 4. The Bertz CT molecular complexity index is 967. The normalized spacial score (nSPS) is 11.1. The lowest BCUT2D eigenvalue weighted by molar-refractivity contribution is -0.114. The highest BCUT2D eigenvalue weighted by molar-refractivity contribution is 7.21. The van der Waals surface area contributed by atoms with Crippen molar-refractivity contribution in [3.05, 3.63) is 48.5 Å². The largest absolute Gasteiger partial charge is 0.440 e. The SMILES string of the molecule is CC(=O)Nc1oc2ccccc2c1-c1nc2ccccc2s1. The van der Waals surface area contributed by atoms with Gasteiger partial charge in [0, 0.05) is 12.3 Å². The van der Waals surface area contributed by atoms with Gasteiger partial charge < -0.3 is 4.42 Å². The van der Waals surface area contributed by atoms with Crippen LogP contribution in [0.15, 0.2) is 52.9 Å². The van der Waals surface area contributed by atoms with Crippen LogP contribution in [-0.2, 0) is 4.79 Å². The molecule has 0 spiro atoms. The fraction of sp³-hybridized carbons (Fsp3) is 0.0588. The third-order valence-electron chi connectivity index (χ3n) is 3.39. The van der Waals surface area contributed by atoms with Gasteiger partial charge in [0.05, 0.1) is 15.8 Å². The molecule has 0 saturated heterocycles. The van der Waals surface area contributed by atoms with Gasteiger partial charge in [-0.1, -0.05) is 30.3 Å². The minimum Gasteiger partial charge on any atom is -0.440 e. The molecular weight excluding hydrogens is 296 g/mol. The molecule has 0 aliphatic heterocycles. The number of amides is 1. The molecule has 0 radical (unpaired) electrons. The van der Waals surface area contributed by atoms with E-state index in [1.165, 1.54) is 6.92 Å². The number of hydrogen-bond donors (Lipinski definition) is 1. The lowest BCUT2D eigenvalue weighted by atomic mass is 10.1. The molecule has 4 rings (SSSR count). The number of rotatable bonds is 2. The molecule has 4 aromatic rings. The van der Waals surface area contributed by atoms with Crippen molar-refractivity contribution in [1.29, 1.82) is 0 Å². The Hall–Kier alpha value is -2.66. The zero-order valence-electron chi connectivity index (χ0n) is 11.8. The molecule has 22 heavy (non-hydrogen) atoms. The molecule has 1 amide bonds. The fourth-order valence-corrected chi connectivity index (χ4v) is 3.51. The average Bonchev–Trinajstić information content (AvgIpc) is 3.06. The maximum Gasteiger partial charge on any atom is 0.223 e. The summed E-state index contributed by atoms with van der Waals surface area (Å²) in [6, 6.07) is 15.7. The molecule has 5 heteroatoms. The van der Waals surface area contributed by atoms with Gasteiger partial charge in [-0.05, 0) is 18.2 Å². The Labute approximate surface area is 130 Å². The van der Waals surface area contributed by atoms with Gasteiger partial charge in [0.25, 0.3) is 0 Å². The van der Waals surface area contributed by atoms with Gasteiger partial charge in [-0.2, -0.15) is 0 Å². The topological polar surface area (TPSA) is 55.1 Å². The Morgan fingerprint density at radius 1 is 1.14 bits per heavy atom. The maximum atomic E-state index is 11.5. The number of thiazole rings is 1. The summed E-state index contributed by atoms with van der Waals surface area (Å²) in [5.41, 5.74) is 2.52. The number of carbonyl (C=O) groups is 1. The summed E-state index contributed by atoms with van der Waals surface area (Å²) in [5.74, 6) is 0.286. The zero-order valence-corrected chi connectivity index (χ0v) is 12.6. The second kappa shape index (κ2) is 4.96. The van der Waals surface area contributed by atoms with E-state index in [-0.39, 0.29) is 5.91 Å². The first-order chi connectivity index (χ1) is 10.7. The van der Waals surface area contributed by atoms with Gasteiger partial charge in [0.1, 0.15) is 10.6 Å². The van der Waals surface area contributed by atoms with Crippen LogP contribution in [0.2, 0.25) is 0 Å². The summed E-state index contributed by atoms with van der Waals surface area (Å²) in [7, 11) is 0. The number of nitrogens with one attached hydrogen (secondary N) is 1. The highest BCUT2D eigenvalue weighted by atomic mass is 32.1. The number of fused-ring (bicyclic) bond motifs is 2. The summed E-state index contributed by atoms with van der Waals surface area (Å²) >= 11 is 1.59. The highest BCUT2D eigenvalue weighted by Gasteiger charge is 2.19. The molecule has 0 unspecified atom stereocenters. The summed E-state index contributed by atoms with van der Waals surface area (Å²) in [4.78, 5) is 16.1. The van der Waals surface area contributed by atoms with Crippen LogP contribution in [0.4, 0.5) is 5.88 Å². The van der Waals surface area contributed by atoms with Crippen molar-refractivity contribution < 1.29 is 9.21 Å². The number of furan rings is 1. The van der Waals surface area contributed by atoms with Crippen LogP contribution in [0.3, 0.4) is 0 Å².